The van der Waals surface area contributed by atoms with Crippen molar-refractivity contribution in [1.82, 2.24) is 5.32 Å². The summed E-state index contributed by atoms with van der Waals surface area (Å²) >= 11 is 0. The molecule has 2 aromatic carbocycles. The molecule has 0 aliphatic carbocycles. The Kier molecular flexibility index (Phi) is 5.08. The zero-order valence-electron chi connectivity index (χ0n) is 14.1. The first-order valence-electron chi connectivity index (χ1n) is 8.26. The predicted octanol–water partition coefficient (Wildman–Crippen LogP) is 2.80. The first kappa shape index (κ1) is 17.5. The Hall–Kier alpha value is -2.34. The second-order valence-corrected chi connectivity index (χ2v) is 8.29. The highest BCUT2D eigenvalue weighted by molar-refractivity contribution is 7.91. The summed E-state index contributed by atoms with van der Waals surface area (Å²) in [6.07, 6.45) is 0.614. The molecule has 2 aromatic rings. The molecule has 3 rings (SSSR count). The lowest BCUT2D eigenvalue weighted by molar-refractivity contribution is -0.121. The molecule has 0 bridgehead atoms. The molecule has 0 saturated heterocycles. The van der Waals surface area contributed by atoms with Crippen LogP contribution in [0.15, 0.2) is 53.4 Å². The molecule has 0 aromatic heterocycles. The molecule has 1 heterocycles. The number of carbonyl (C=O) groups excluding carboxylic acids is 1. The fourth-order valence-corrected chi connectivity index (χ4v) is 4.09. The van der Waals surface area contributed by atoms with Gasteiger partial charge in [-0.1, -0.05) is 35.9 Å². The van der Waals surface area contributed by atoms with Crippen molar-refractivity contribution in [3.63, 3.8) is 0 Å². The van der Waals surface area contributed by atoms with Gasteiger partial charge in [-0.05, 0) is 25.1 Å². The molecular formula is C19H21NO4S. The molecule has 6 heteroatoms. The maximum Gasteiger partial charge on any atom is 0.221 e. The summed E-state index contributed by atoms with van der Waals surface area (Å²) in [6.45, 7) is 2.43. The highest BCUT2D eigenvalue weighted by Crippen LogP contribution is 2.31. The lowest BCUT2D eigenvalue weighted by atomic mass is 10.0. The SMILES string of the molecule is Cc1ccc(S(=O)(=O)CCC(=O)NC2CCOc3ccccc32)cc1. The summed E-state index contributed by atoms with van der Waals surface area (Å²) in [5, 5.41) is 2.92. The van der Waals surface area contributed by atoms with Crippen LogP contribution < -0.4 is 10.1 Å². The van der Waals surface area contributed by atoms with Gasteiger partial charge in [0.1, 0.15) is 5.75 Å². The lowest BCUT2D eigenvalue weighted by Crippen LogP contribution is -2.33. The van der Waals surface area contributed by atoms with Crippen molar-refractivity contribution in [3.05, 3.63) is 59.7 Å². The van der Waals surface area contributed by atoms with Crippen LogP contribution in [0.5, 0.6) is 5.75 Å². The standard InChI is InChI=1S/C19H21NO4S/c1-14-6-8-15(9-7-14)25(22,23)13-11-19(21)20-17-10-12-24-18-5-3-2-4-16(17)18/h2-9,17H,10-13H2,1H3,(H,20,21). The first-order valence-corrected chi connectivity index (χ1v) is 9.91. The van der Waals surface area contributed by atoms with Gasteiger partial charge in [0.05, 0.1) is 23.3 Å². The molecule has 1 aliphatic rings. The molecule has 1 N–H and O–H groups in total. The summed E-state index contributed by atoms with van der Waals surface area (Å²) in [6, 6.07) is 14.1. The molecule has 25 heavy (non-hydrogen) atoms. The first-order chi connectivity index (χ1) is 12.0. The average Bonchev–Trinajstić information content (AvgIpc) is 2.61. The van der Waals surface area contributed by atoms with E-state index < -0.39 is 9.84 Å². The van der Waals surface area contributed by atoms with Gasteiger partial charge in [-0.3, -0.25) is 4.79 Å². The number of rotatable bonds is 5. The largest absolute Gasteiger partial charge is 0.493 e. The summed E-state index contributed by atoms with van der Waals surface area (Å²) in [4.78, 5) is 12.5. The fourth-order valence-electron chi connectivity index (χ4n) is 2.85. The van der Waals surface area contributed by atoms with E-state index in [4.69, 9.17) is 4.74 Å². The number of ether oxygens (including phenoxy) is 1. The molecule has 0 radical (unpaired) electrons. The van der Waals surface area contributed by atoms with Crippen molar-refractivity contribution in [2.75, 3.05) is 12.4 Å². The van der Waals surface area contributed by atoms with Crippen molar-refractivity contribution >= 4 is 15.7 Å². The van der Waals surface area contributed by atoms with Gasteiger partial charge in [0.25, 0.3) is 0 Å². The van der Waals surface area contributed by atoms with Crippen LogP contribution in [0.2, 0.25) is 0 Å². The summed E-state index contributed by atoms with van der Waals surface area (Å²) in [5.74, 6) is 0.302. The number of benzene rings is 2. The number of sulfone groups is 1. The maximum absolute atomic E-state index is 12.3. The van der Waals surface area contributed by atoms with Gasteiger partial charge in [0.15, 0.2) is 9.84 Å². The minimum Gasteiger partial charge on any atom is -0.493 e. The zero-order valence-corrected chi connectivity index (χ0v) is 14.9. The topological polar surface area (TPSA) is 72.5 Å². The second kappa shape index (κ2) is 7.27. The van der Waals surface area contributed by atoms with E-state index in [1.165, 1.54) is 0 Å². The van der Waals surface area contributed by atoms with Crippen molar-refractivity contribution in [1.29, 1.82) is 0 Å². The van der Waals surface area contributed by atoms with E-state index in [2.05, 4.69) is 5.32 Å². The average molecular weight is 359 g/mol. The monoisotopic (exact) mass is 359 g/mol. The summed E-state index contributed by atoms with van der Waals surface area (Å²) in [5.41, 5.74) is 1.93. The van der Waals surface area contributed by atoms with Gasteiger partial charge in [0.2, 0.25) is 5.91 Å². The number of nitrogens with one attached hydrogen (secondary N) is 1. The van der Waals surface area contributed by atoms with Crippen molar-refractivity contribution < 1.29 is 17.9 Å². The van der Waals surface area contributed by atoms with Gasteiger partial charge < -0.3 is 10.1 Å². The molecule has 1 amide bonds. The highest BCUT2D eigenvalue weighted by Gasteiger charge is 2.23. The van der Waals surface area contributed by atoms with Gasteiger partial charge in [-0.25, -0.2) is 8.42 Å². The summed E-state index contributed by atoms with van der Waals surface area (Å²) in [7, 11) is -3.46. The molecule has 0 spiro atoms. The van der Waals surface area contributed by atoms with Crippen LogP contribution in [0.3, 0.4) is 0 Å². The van der Waals surface area contributed by atoms with Crippen LogP contribution in [0.25, 0.3) is 0 Å². The van der Waals surface area contributed by atoms with Crippen molar-refractivity contribution in [2.45, 2.75) is 30.7 Å². The minimum atomic E-state index is -3.46. The van der Waals surface area contributed by atoms with Crippen LogP contribution in [0.1, 0.15) is 30.0 Å². The molecule has 1 aliphatic heterocycles. The molecule has 1 atom stereocenters. The van der Waals surface area contributed by atoms with Crippen molar-refractivity contribution in [2.24, 2.45) is 0 Å². The maximum atomic E-state index is 12.3. The van der Waals surface area contributed by atoms with E-state index in [0.29, 0.717) is 13.0 Å². The number of hydrogen-bond donors (Lipinski definition) is 1. The van der Waals surface area contributed by atoms with Gasteiger partial charge in [-0.2, -0.15) is 0 Å². The number of amides is 1. The van der Waals surface area contributed by atoms with Crippen LogP contribution in [-0.4, -0.2) is 26.7 Å². The molecule has 0 fully saturated rings. The van der Waals surface area contributed by atoms with Gasteiger partial charge in [0, 0.05) is 18.4 Å². The number of para-hydroxylation sites is 1. The number of aryl methyl sites for hydroxylation is 1. The number of hydrogen-bond acceptors (Lipinski definition) is 4. The number of fused-ring (bicyclic) bond motifs is 1. The van der Waals surface area contributed by atoms with Gasteiger partial charge >= 0.3 is 0 Å². The Balaban J connectivity index is 1.61. The van der Waals surface area contributed by atoms with E-state index in [9.17, 15) is 13.2 Å². The quantitative estimate of drug-likeness (QED) is 0.891. The van der Waals surface area contributed by atoms with E-state index in [1.807, 2.05) is 31.2 Å². The Morgan fingerprint density at radius 1 is 1.16 bits per heavy atom. The molecule has 1 unspecified atom stereocenters. The Bertz CT molecular complexity index is 859. The summed E-state index contributed by atoms with van der Waals surface area (Å²) < 4.78 is 30.2. The third-order valence-electron chi connectivity index (χ3n) is 4.27. The molecule has 0 saturated carbocycles. The fraction of sp³-hybridized carbons (Fsp3) is 0.316. The molecule has 132 valence electrons. The third kappa shape index (κ3) is 4.20. The normalized spacial score (nSPS) is 16.6. The lowest BCUT2D eigenvalue weighted by Gasteiger charge is -2.26. The third-order valence-corrected chi connectivity index (χ3v) is 6.00. The Labute approximate surface area is 147 Å². The van der Waals surface area contributed by atoms with Crippen molar-refractivity contribution in [3.8, 4) is 5.75 Å². The molecular weight excluding hydrogens is 338 g/mol. The van der Waals surface area contributed by atoms with E-state index in [0.717, 1.165) is 16.9 Å². The highest BCUT2D eigenvalue weighted by atomic mass is 32.2. The minimum absolute atomic E-state index is 0.0598. The van der Waals surface area contributed by atoms with Crippen LogP contribution in [0, 0.1) is 6.92 Å². The van der Waals surface area contributed by atoms with Crippen LogP contribution in [0.4, 0.5) is 0 Å². The van der Waals surface area contributed by atoms with E-state index in [-0.39, 0.29) is 29.0 Å². The van der Waals surface area contributed by atoms with Crippen LogP contribution in [-0.2, 0) is 14.6 Å². The van der Waals surface area contributed by atoms with E-state index >= 15 is 0 Å². The van der Waals surface area contributed by atoms with E-state index in [1.54, 1.807) is 24.3 Å². The zero-order chi connectivity index (χ0) is 17.9. The molecule has 5 nitrogen and oxygen atoms in total. The van der Waals surface area contributed by atoms with Gasteiger partial charge in [-0.15, -0.1) is 0 Å². The Morgan fingerprint density at radius 2 is 1.88 bits per heavy atom. The Morgan fingerprint density at radius 3 is 2.64 bits per heavy atom. The smallest absolute Gasteiger partial charge is 0.221 e. The number of carbonyl (C=O) groups is 1. The van der Waals surface area contributed by atoms with Crippen LogP contribution >= 0.6 is 0 Å². The predicted molar refractivity (Wildman–Crippen MR) is 95.3 cm³/mol. The second-order valence-electron chi connectivity index (χ2n) is 6.18.